The number of benzene rings is 1. The van der Waals surface area contributed by atoms with E-state index in [0.29, 0.717) is 6.04 Å². The average molecular weight is 212 g/mol. The topological polar surface area (TPSA) is 24.9 Å². The lowest BCUT2D eigenvalue weighted by Gasteiger charge is -2.04. The number of hydrogen-bond donors (Lipinski definition) is 1. The standard InChI is InChI=1S/C14H16N2/c1-3-10-4-5-11-8-12-6-9(2)15-14(12)16-13(11)7-10/h4-5,7-9H,3,6H2,1-2H3,(H,15,16)/t9-/m0/s1. The zero-order valence-electron chi connectivity index (χ0n) is 9.75. The van der Waals surface area contributed by atoms with Crippen LogP contribution < -0.4 is 5.32 Å². The number of rotatable bonds is 1. The highest BCUT2D eigenvalue weighted by molar-refractivity contribution is 5.83. The average Bonchev–Trinajstić information content (AvgIpc) is 2.64. The summed E-state index contributed by atoms with van der Waals surface area (Å²) in [4.78, 5) is 4.70. The molecule has 1 aromatic heterocycles. The largest absolute Gasteiger partial charge is 0.367 e. The normalized spacial score (nSPS) is 18.5. The Kier molecular flexibility index (Phi) is 2.10. The van der Waals surface area contributed by atoms with E-state index in [0.717, 1.165) is 24.2 Å². The Bertz CT molecular complexity index is 546. The van der Waals surface area contributed by atoms with Gasteiger partial charge in [0.15, 0.2) is 0 Å². The Morgan fingerprint density at radius 2 is 2.25 bits per heavy atom. The Balaban J connectivity index is 2.18. The van der Waals surface area contributed by atoms with Crippen molar-refractivity contribution in [1.82, 2.24) is 4.98 Å². The maximum absolute atomic E-state index is 4.70. The first kappa shape index (κ1) is 9.64. The Morgan fingerprint density at radius 1 is 1.38 bits per heavy atom. The minimum absolute atomic E-state index is 0.518. The fourth-order valence-electron chi connectivity index (χ4n) is 2.37. The van der Waals surface area contributed by atoms with E-state index in [2.05, 4.69) is 43.4 Å². The van der Waals surface area contributed by atoms with Gasteiger partial charge in [-0.1, -0.05) is 19.1 Å². The second-order valence-corrected chi connectivity index (χ2v) is 4.63. The Hall–Kier alpha value is -1.57. The van der Waals surface area contributed by atoms with Gasteiger partial charge in [-0.2, -0.15) is 0 Å². The summed E-state index contributed by atoms with van der Waals surface area (Å²) in [5.74, 6) is 1.08. The van der Waals surface area contributed by atoms with Gasteiger partial charge in [0, 0.05) is 11.4 Å². The Labute approximate surface area is 95.7 Å². The highest BCUT2D eigenvalue weighted by Crippen LogP contribution is 2.27. The highest BCUT2D eigenvalue weighted by atomic mass is 15.0. The quantitative estimate of drug-likeness (QED) is 0.785. The van der Waals surface area contributed by atoms with Crippen molar-refractivity contribution in [2.45, 2.75) is 32.7 Å². The minimum atomic E-state index is 0.518. The molecule has 2 nitrogen and oxygen atoms in total. The van der Waals surface area contributed by atoms with Crippen LogP contribution >= 0.6 is 0 Å². The van der Waals surface area contributed by atoms with Crippen LogP contribution in [0.3, 0.4) is 0 Å². The molecule has 82 valence electrons. The molecule has 0 saturated heterocycles. The summed E-state index contributed by atoms with van der Waals surface area (Å²) in [7, 11) is 0. The van der Waals surface area contributed by atoms with Crippen molar-refractivity contribution in [2.75, 3.05) is 5.32 Å². The van der Waals surface area contributed by atoms with E-state index in [4.69, 9.17) is 4.98 Å². The molecule has 0 saturated carbocycles. The molecular formula is C14H16N2. The number of hydrogen-bond acceptors (Lipinski definition) is 2. The summed E-state index contributed by atoms with van der Waals surface area (Å²) in [6.45, 7) is 4.37. The van der Waals surface area contributed by atoms with Gasteiger partial charge in [-0.3, -0.25) is 0 Å². The van der Waals surface area contributed by atoms with Crippen LogP contribution in [0.15, 0.2) is 24.3 Å². The third-order valence-electron chi connectivity index (χ3n) is 3.28. The van der Waals surface area contributed by atoms with E-state index in [9.17, 15) is 0 Å². The molecule has 0 fully saturated rings. The maximum Gasteiger partial charge on any atom is 0.130 e. The predicted molar refractivity (Wildman–Crippen MR) is 67.9 cm³/mol. The molecule has 1 atom stereocenters. The molecule has 16 heavy (non-hydrogen) atoms. The van der Waals surface area contributed by atoms with Gasteiger partial charge < -0.3 is 5.32 Å². The van der Waals surface area contributed by atoms with E-state index >= 15 is 0 Å². The summed E-state index contributed by atoms with van der Waals surface area (Å²) in [6.07, 6.45) is 2.16. The van der Waals surface area contributed by atoms with Gasteiger partial charge in [0.2, 0.25) is 0 Å². The van der Waals surface area contributed by atoms with Crippen LogP contribution in [0.2, 0.25) is 0 Å². The van der Waals surface area contributed by atoms with Gasteiger partial charge in [-0.05, 0) is 43.0 Å². The van der Waals surface area contributed by atoms with E-state index in [1.54, 1.807) is 0 Å². The molecule has 2 heterocycles. The van der Waals surface area contributed by atoms with Crippen LogP contribution in [0.1, 0.15) is 25.0 Å². The number of aromatic nitrogens is 1. The van der Waals surface area contributed by atoms with Crippen LogP contribution in [0.5, 0.6) is 0 Å². The van der Waals surface area contributed by atoms with Gasteiger partial charge in [0.05, 0.1) is 5.52 Å². The van der Waals surface area contributed by atoms with Crippen LogP contribution in [0.4, 0.5) is 5.82 Å². The van der Waals surface area contributed by atoms with Gasteiger partial charge >= 0.3 is 0 Å². The van der Waals surface area contributed by atoms with Gasteiger partial charge in [0.25, 0.3) is 0 Å². The van der Waals surface area contributed by atoms with E-state index in [1.807, 2.05) is 0 Å². The van der Waals surface area contributed by atoms with Crippen LogP contribution in [-0.4, -0.2) is 11.0 Å². The van der Waals surface area contributed by atoms with Gasteiger partial charge in [0.1, 0.15) is 5.82 Å². The van der Waals surface area contributed by atoms with E-state index in [-0.39, 0.29) is 0 Å². The van der Waals surface area contributed by atoms with Crippen LogP contribution in [0.25, 0.3) is 10.9 Å². The molecule has 1 aromatic carbocycles. The smallest absolute Gasteiger partial charge is 0.130 e. The molecule has 3 rings (SSSR count). The number of nitrogens with one attached hydrogen (secondary N) is 1. The maximum atomic E-state index is 4.70. The first-order valence-electron chi connectivity index (χ1n) is 5.95. The zero-order chi connectivity index (χ0) is 11.1. The molecule has 1 aliphatic heterocycles. The minimum Gasteiger partial charge on any atom is -0.367 e. The lowest BCUT2D eigenvalue weighted by Crippen LogP contribution is -2.08. The van der Waals surface area contributed by atoms with Gasteiger partial charge in [-0.15, -0.1) is 0 Å². The third-order valence-corrected chi connectivity index (χ3v) is 3.28. The first-order chi connectivity index (χ1) is 7.76. The fraction of sp³-hybridized carbons (Fsp3) is 0.357. The lowest BCUT2D eigenvalue weighted by molar-refractivity contribution is 0.839. The summed E-state index contributed by atoms with van der Waals surface area (Å²) in [6, 6.07) is 9.37. The predicted octanol–water partition coefficient (Wildman–Crippen LogP) is 3.15. The SMILES string of the molecule is CCc1ccc2cc3c(nc2c1)N[C@@H](C)C3. The molecule has 0 unspecified atom stereocenters. The first-order valence-corrected chi connectivity index (χ1v) is 5.95. The van der Waals surface area contributed by atoms with Crippen LogP contribution in [-0.2, 0) is 12.8 Å². The summed E-state index contributed by atoms with van der Waals surface area (Å²) in [5, 5.41) is 4.67. The molecule has 0 radical (unpaired) electrons. The molecule has 2 aromatic rings. The van der Waals surface area contributed by atoms with Crippen molar-refractivity contribution >= 4 is 16.7 Å². The molecule has 0 amide bonds. The van der Waals surface area contributed by atoms with Crippen molar-refractivity contribution in [2.24, 2.45) is 0 Å². The van der Waals surface area contributed by atoms with Crippen molar-refractivity contribution < 1.29 is 0 Å². The second kappa shape index (κ2) is 3.48. The molecule has 1 aliphatic rings. The zero-order valence-corrected chi connectivity index (χ0v) is 9.75. The van der Waals surface area contributed by atoms with Crippen molar-refractivity contribution in [3.05, 3.63) is 35.4 Å². The molecule has 0 bridgehead atoms. The summed E-state index contributed by atoms with van der Waals surface area (Å²) < 4.78 is 0. The monoisotopic (exact) mass is 212 g/mol. The van der Waals surface area contributed by atoms with Crippen molar-refractivity contribution in [3.8, 4) is 0 Å². The summed E-state index contributed by atoms with van der Waals surface area (Å²) >= 11 is 0. The molecule has 1 N–H and O–H groups in total. The molecule has 0 spiro atoms. The number of nitrogens with zero attached hydrogens (tertiary/aromatic N) is 1. The number of anilines is 1. The molecule has 2 heteroatoms. The number of pyridine rings is 1. The molecule has 0 aliphatic carbocycles. The van der Waals surface area contributed by atoms with Gasteiger partial charge in [-0.25, -0.2) is 4.98 Å². The van der Waals surface area contributed by atoms with Crippen molar-refractivity contribution in [1.29, 1.82) is 0 Å². The second-order valence-electron chi connectivity index (χ2n) is 4.63. The van der Waals surface area contributed by atoms with Crippen molar-refractivity contribution in [3.63, 3.8) is 0 Å². The fourth-order valence-corrected chi connectivity index (χ4v) is 2.37. The highest BCUT2D eigenvalue weighted by Gasteiger charge is 2.18. The van der Waals surface area contributed by atoms with E-state index in [1.165, 1.54) is 16.5 Å². The number of aryl methyl sites for hydroxylation is 1. The Morgan fingerprint density at radius 3 is 3.06 bits per heavy atom. The molecular weight excluding hydrogens is 196 g/mol. The summed E-state index contributed by atoms with van der Waals surface area (Å²) in [5.41, 5.74) is 3.81. The lowest BCUT2D eigenvalue weighted by atomic mass is 10.1. The van der Waals surface area contributed by atoms with Crippen LogP contribution in [0, 0.1) is 0 Å². The number of fused-ring (bicyclic) bond motifs is 2. The third kappa shape index (κ3) is 1.45. The van der Waals surface area contributed by atoms with E-state index < -0.39 is 0 Å².